The van der Waals surface area contributed by atoms with Gasteiger partial charge in [-0.2, -0.15) is 10.2 Å². The van der Waals surface area contributed by atoms with E-state index in [2.05, 4.69) is 10.2 Å². The molecular formula is C12H10ClN3O2. The van der Waals surface area contributed by atoms with Gasteiger partial charge in [0.2, 0.25) is 5.91 Å². The van der Waals surface area contributed by atoms with Crippen molar-refractivity contribution in [2.75, 3.05) is 11.4 Å². The first kappa shape index (κ1) is 11.3. The number of rotatable bonds is 1. The van der Waals surface area contributed by atoms with E-state index in [0.29, 0.717) is 17.3 Å². The number of azo groups is 1. The number of anilines is 1. The number of fused-ring (bicyclic) bond motifs is 1. The second-order valence-electron chi connectivity index (χ2n) is 4.43. The molecular weight excluding hydrogens is 254 g/mol. The molecule has 6 heteroatoms. The van der Waals surface area contributed by atoms with Gasteiger partial charge in [-0.1, -0.05) is 11.6 Å². The molecule has 18 heavy (non-hydrogen) atoms. The van der Waals surface area contributed by atoms with Gasteiger partial charge in [-0.25, -0.2) is 4.90 Å². The monoisotopic (exact) mass is 263 g/mol. The van der Waals surface area contributed by atoms with Gasteiger partial charge >= 0.3 is 0 Å². The second-order valence-corrected chi connectivity index (χ2v) is 4.87. The van der Waals surface area contributed by atoms with E-state index in [-0.39, 0.29) is 11.8 Å². The van der Waals surface area contributed by atoms with Crippen LogP contribution in [0.3, 0.4) is 0 Å². The van der Waals surface area contributed by atoms with Crippen LogP contribution >= 0.6 is 11.6 Å². The molecule has 1 aromatic carbocycles. The van der Waals surface area contributed by atoms with Crippen molar-refractivity contribution in [2.45, 2.75) is 13.0 Å². The minimum atomic E-state index is -0.632. The number of hydrogen-bond acceptors (Lipinski definition) is 4. The van der Waals surface area contributed by atoms with Crippen molar-refractivity contribution in [3.63, 3.8) is 0 Å². The van der Waals surface area contributed by atoms with Crippen LogP contribution in [0.1, 0.15) is 5.56 Å². The number of hydrogen-bond donors (Lipinski definition) is 0. The maximum absolute atomic E-state index is 12.2. The number of nitrogens with zero attached hydrogens (tertiary/aromatic N) is 3. The van der Waals surface area contributed by atoms with E-state index in [1.54, 1.807) is 18.2 Å². The lowest BCUT2D eigenvalue weighted by Crippen LogP contribution is -2.32. The largest absolute Gasteiger partial charge is 0.274 e. The van der Waals surface area contributed by atoms with Crippen molar-refractivity contribution in [3.8, 4) is 0 Å². The van der Waals surface area contributed by atoms with Crippen LogP contribution in [0.5, 0.6) is 0 Å². The van der Waals surface area contributed by atoms with E-state index in [1.807, 2.05) is 6.92 Å². The number of carbonyl (C=O) groups is 2. The Morgan fingerprint density at radius 1 is 1.33 bits per heavy atom. The first-order valence-corrected chi connectivity index (χ1v) is 5.98. The Labute approximate surface area is 108 Å². The van der Waals surface area contributed by atoms with Crippen molar-refractivity contribution in [1.82, 2.24) is 0 Å². The van der Waals surface area contributed by atoms with Crippen molar-refractivity contribution < 1.29 is 9.59 Å². The summed E-state index contributed by atoms with van der Waals surface area (Å²) in [7, 11) is 0. The average Bonchev–Trinajstić information content (AvgIpc) is 2.87. The van der Waals surface area contributed by atoms with Crippen LogP contribution in [-0.4, -0.2) is 24.4 Å². The van der Waals surface area contributed by atoms with Crippen molar-refractivity contribution in [2.24, 2.45) is 16.1 Å². The molecule has 3 rings (SSSR count). The summed E-state index contributed by atoms with van der Waals surface area (Å²) in [5, 5.41) is 8.19. The normalized spacial score (nSPS) is 26.0. The Bertz CT molecular complexity index is 585. The second kappa shape index (κ2) is 3.88. The molecule has 92 valence electrons. The molecule has 0 bridgehead atoms. The lowest BCUT2D eigenvalue weighted by atomic mass is 10.1. The summed E-state index contributed by atoms with van der Waals surface area (Å²) in [5.74, 6) is -0.940. The molecule has 0 N–H and O–H groups in total. The fourth-order valence-corrected chi connectivity index (χ4v) is 2.58. The molecule has 1 saturated heterocycles. The molecule has 5 nitrogen and oxygen atoms in total. The minimum absolute atomic E-state index is 0.222. The highest BCUT2D eigenvalue weighted by molar-refractivity contribution is 6.31. The first-order chi connectivity index (χ1) is 8.59. The molecule has 0 saturated carbocycles. The third-order valence-electron chi connectivity index (χ3n) is 3.28. The number of imide groups is 1. The summed E-state index contributed by atoms with van der Waals surface area (Å²) >= 11 is 5.87. The summed E-state index contributed by atoms with van der Waals surface area (Å²) < 4.78 is 0. The van der Waals surface area contributed by atoms with Gasteiger partial charge < -0.3 is 0 Å². The van der Waals surface area contributed by atoms with Gasteiger partial charge in [0, 0.05) is 5.02 Å². The fraction of sp³-hybridized carbons (Fsp3) is 0.333. The Hall–Kier alpha value is -1.75. The van der Waals surface area contributed by atoms with Crippen LogP contribution in [0, 0.1) is 12.8 Å². The third-order valence-corrected chi connectivity index (χ3v) is 3.51. The Balaban J connectivity index is 2.04. The van der Waals surface area contributed by atoms with Crippen LogP contribution in [0.15, 0.2) is 28.4 Å². The van der Waals surface area contributed by atoms with Crippen LogP contribution in [0.4, 0.5) is 5.69 Å². The molecule has 2 heterocycles. The maximum atomic E-state index is 12.2. The minimum Gasteiger partial charge on any atom is -0.274 e. The predicted molar refractivity (Wildman–Crippen MR) is 65.7 cm³/mol. The SMILES string of the molecule is Cc1cc(Cl)ccc1N1C(=O)[C@H]2CN=N[C@@H]2C1=O. The summed E-state index contributed by atoms with van der Waals surface area (Å²) in [6.45, 7) is 2.12. The molecule has 0 aromatic heterocycles. The van der Waals surface area contributed by atoms with E-state index >= 15 is 0 Å². The van der Waals surface area contributed by atoms with E-state index in [1.165, 1.54) is 4.90 Å². The van der Waals surface area contributed by atoms with Gasteiger partial charge in [-0.15, -0.1) is 0 Å². The van der Waals surface area contributed by atoms with Gasteiger partial charge in [0.25, 0.3) is 5.91 Å². The van der Waals surface area contributed by atoms with E-state index in [9.17, 15) is 9.59 Å². The lowest BCUT2D eigenvalue weighted by molar-refractivity contribution is -0.122. The molecule has 1 fully saturated rings. The third kappa shape index (κ3) is 1.47. The Kier molecular flexibility index (Phi) is 2.45. The fourth-order valence-electron chi connectivity index (χ4n) is 2.35. The predicted octanol–water partition coefficient (Wildman–Crippen LogP) is 1.97. The number of amides is 2. The molecule has 0 radical (unpaired) electrons. The highest BCUT2D eigenvalue weighted by atomic mass is 35.5. The smallest absolute Gasteiger partial charge is 0.261 e. The summed E-state index contributed by atoms with van der Waals surface area (Å²) in [4.78, 5) is 25.5. The summed E-state index contributed by atoms with van der Waals surface area (Å²) in [6, 6.07) is 4.45. The van der Waals surface area contributed by atoms with Crippen LogP contribution in [0.25, 0.3) is 0 Å². The van der Waals surface area contributed by atoms with Crippen molar-refractivity contribution in [3.05, 3.63) is 28.8 Å². The highest BCUT2D eigenvalue weighted by Gasteiger charge is 2.51. The highest BCUT2D eigenvalue weighted by Crippen LogP contribution is 2.34. The zero-order valence-electron chi connectivity index (χ0n) is 9.63. The quantitative estimate of drug-likeness (QED) is 0.727. The molecule has 2 amide bonds. The van der Waals surface area contributed by atoms with Gasteiger partial charge in [0.05, 0.1) is 18.2 Å². The number of carbonyl (C=O) groups excluding carboxylic acids is 2. The molecule has 0 unspecified atom stereocenters. The molecule has 1 aromatic rings. The van der Waals surface area contributed by atoms with Gasteiger partial charge in [-0.3, -0.25) is 9.59 Å². The van der Waals surface area contributed by atoms with Crippen LogP contribution in [0.2, 0.25) is 5.02 Å². The average molecular weight is 264 g/mol. The van der Waals surface area contributed by atoms with Gasteiger partial charge in [0.15, 0.2) is 6.04 Å². The van der Waals surface area contributed by atoms with Gasteiger partial charge in [0.1, 0.15) is 0 Å². The molecule has 2 aliphatic heterocycles. The van der Waals surface area contributed by atoms with E-state index in [4.69, 9.17) is 11.6 Å². The van der Waals surface area contributed by atoms with Gasteiger partial charge in [-0.05, 0) is 30.7 Å². The van der Waals surface area contributed by atoms with Crippen LogP contribution < -0.4 is 4.90 Å². The number of aryl methyl sites for hydroxylation is 1. The topological polar surface area (TPSA) is 62.1 Å². The maximum Gasteiger partial charge on any atom is 0.261 e. The number of benzene rings is 1. The van der Waals surface area contributed by atoms with Crippen molar-refractivity contribution >= 4 is 29.1 Å². The van der Waals surface area contributed by atoms with Crippen molar-refractivity contribution in [1.29, 1.82) is 0 Å². The Morgan fingerprint density at radius 2 is 2.11 bits per heavy atom. The molecule has 0 spiro atoms. The summed E-state index contributed by atoms with van der Waals surface area (Å²) in [6.07, 6.45) is 0. The summed E-state index contributed by atoms with van der Waals surface area (Å²) in [5.41, 5.74) is 1.38. The number of halogens is 1. The zero-order chi connectivity index (χ0) is 12.9. The molecule has 2 aliphatic rings. The van der Waals surface area contributed by atoms with E-state index < -0.39 is 12.0 Å². The molecule has 2 atom stereocenters. The molecule has 0 aliphatic carbocycles. The Morgan fingerprint density at radius 3 is 2.78 bits per heavy atom. The zero-order valence-corrected chi connectivity index (χ0v) is 10.4. The first-order valence-electron chi connectivity index (χ1n) is 5.60. The van der Waals surface area contributed by atoms with E-state index in [0.717, 1.165) is 5.56 Å². The van der Waals surface area contributed by atoms with Crippen LogP contribution in [-0.2, 0) is 9.59 Å². The lowest BCUT2D eigenvalue weighted by Gasteiger charge is -2.17. The standard InChI is InChI=1S/C12H10ClN3O2/c1-6-4-7(13)2-3-9(6)16-11(17)8-5-14-15-10(8)12(16)18/h2-4,8,10H,5H2,1H3/t8-,10-/m0/s1.